The number of rotatable bonds is 5. The van der Waals surface area contributed by atoms with Crippen LogP contribution in [0.2, 0.25) is 5.02 Å². The zero-order valence-electron chi connectivity index (χ0n) is 13.7. The Balaban J connectivity index is 1.40. The van der Waals surface area contributed by atoms with Gasteiger partial charge in [-0.1, -0.05) is 16.8 Å². The van der Waals surface area contributed by atoms with Gasteiger partial charge in [0.25, 0.3) is 0 Å². The van der Waals surface area contributed by atoms with Crippen molar-refractivity contribution in [3.63, 3.8) is 0 Å². The lowest BCUT2D eigenvalue weighted by atomic mass is 9.96. The molecule has 1 saturated heterocycles. The van der Waals surface area contributed by atoms with Gasteiger partial charge in [-0.25, -0.2) is 0 Å². The number of aromatic nitrogens is 2. The lowest BCUT2D eigenvalue weighted by Gasteiger charge is -2.30. The van der Waals surface area contributed by atoms with Crippen molar-refractivity contribution in [2.75, 3.05) is 25.0 Å². The number of hydrogen-bond donors (Lipinski definition) is 1. The van der Waals surface area contributed by atoms with Crippen molar-refractivity contribution in [3.8, 4) is 0 Å². The Bertz CT molecular complexity index is 678. The van der Waals surface area contributed by atoms with E-state index in [2.05, 4.69) is 20.4 Å². The van der Waals surface area contributed by atoms with Gasteiger partial charge in [0.2, 0.25) is 11.8 Å². The van der Waals surface area contributed by atoms with Crippen LogP contribution in [-0.4, -0.2) is 40.6 Å². The number of nitrogens with zero attached hydrogens (tertiary/aromatic N) is 3. The summed E-state index contributed by atoms with van der Waals surface area (Å²) in [5, 5.41) is 7.56. The highest BCUT2D eigenvalue weighted by Gasteiger charge is 2.24. The lowest BCUT2D eigenvalue weighted by molar-refractivity contribution is -0.116. The summed E-state index contributed by atoms with van der Waals surface area (Å²) in [5.74, 6) is 1.81. The summed E-state index contributed by atoms with van der Waals surface area (Å²) in [7, 11) is 0. The average Bonchev–Trinajstić information content (AvgIpc) is 3.02. The van der Waals surface area contributed by atoms with E-state index in [1.54, 1.807) is 24.3 Å². The highest BCUT2D eigenvalue weighted by Crippen LogP contribution is 2.25. The van der Waals surface area contributed by atoms with Crippen LogP contribution in [0.1, 0.15) is 36.9 Å². The Kier molecular flexibility index (Phi) is 5.48. The normalized spacial score (nSPS) is 16.2. The van der Waals surface area contributed by atoms with Crippen molar-refractivity contribution in [2.45, 2.75) is 32.1 Å². The van der Waals surface area contributed by atoms with Gasteiger partial charge in [0.15, 0.2) is 5.82 Å². The quantitative estimate of drug-likeness (QED) is 0.898. The van der Waals surface area contributed by atoms with E-state index in [0.717, 1.165) is 44.0 Å². The molecule has 3 rings (SSSR count). The van der Waals surface area contributed by atoms with Crippen LogP contribution in [0.3, 0.4) is 0 Å². The molecule has 1 aromatic heterocycles. The Morgan fingerprint density at radius 1 is 1.33 bits per heavy atom. The molecule has 1 aliphatic heterocycles. The van der Waals surface area contributed by atoms with Gasteiger partial charge in [-0.3, -0.25) is 4.79 Å². The molecule has 1 amide bonds. The van der Waals surface area contributed by atoms with Crippen molar-refractivity contribution >= 4 is 23.2 Å². The molecule has 2 heterocycles. The molecule has 128 valence electrons. The second-order valence-electron chi connectivity index (χ2n) is 6.09. The molecule has 1 aliphatic rings. The maximum absolute atomic E-state index is 12.0. The second-order valence-corrected chi connectivity index (χ2v) is 6.53. The molecule has 0 unspecified atom stereocenters. The molecule has 1 aromatic carbocycles. The summed E-state index contributed by atoms with van der Waals surface area (Å²) in [4.78, 5) is 18.7. The van der Waals surface area contributed by atoms with Crippen molar-refractivity contribution in [2.24, 2.45) is 0 Å². The first kappa shape index (κ1) is 16.9. The fraction of sp³-hybridized carbons (Fsp3) is 0.471. The first-order valence-corrected chi connectivity index (χ1v) is 8.56. The molecule has 6 nitrogen and oxygen atoms in total. The number of anilines is 1. The van der Waals surface area contributed by atoms with E-state index in [1.165, 1.54) is 0 Å². The molecule has 0 atom stereocenters. The van der Waals surface area contributed by atoms with Crippen molar-refractivity contribution < 1.29 is 9.32 Å². The third-order valence-electron chi connectivity index (χ3n) is 4.28. The smallest absolute Gasteiger partial charge is 0.225 e. The van der Waals surface area contributed by atoms with E-state index in [1.807, 2.05) is 6.92 Å². The Morgan fingerprint density at radius 3 is 2.67 bits per heavy atom. The van der Waals surface area contributed by atoms with Crippen molar-refractivity contribution in [3.05, 3.63) is 41.0 Å². The highest BCUT2D eigenvalue weighted by atomic mass is 35.5. The summed E-state index contributed by atoms with van der Waals surface area (Å²) in [6.45, 7) is 4.47. The Labute approximate surface area is 146 Å². The van der Waals surface area contributed by atoms with Gasteiger partial charge in [0.05, 0.1) is 0 Å². The Morgan fingerprint density at radius 2 is 2.04 bits per heavy atom. The van der Waals surface area contributed by atoms with E-state index in [4.69, 9.17) is 16.1 Å². The molecule has 0 radical (unpaired) electrons. The number of amides is 1. The van der Waals surface area contributed by atoms with E-state index < -0.39 is 0 Å². The predicted molar refractivity (Wildman–Crippen MR) is 92.1 cm³/mol. The number of carbonyl (C=O) groups is 1. The zero-order valence-corrected chi connectivity index (χ0v) is 14.4. The van der Waals surface area contributed by atoms with E-state index in [9.17, 15) is 4.79 Å². The fourth-order valence-electron chi connectivity index (χ4n) is 2.91. The summed E-state index contributed by atoms with van der Waals surface area (Å²) < 4.78 is 5.05. The Hall–Kier alpha value is -1.92. The SMILES string of the molecule is Cc1nc(C2CCN(CCC(=O)Nc3ccc(Cl)cc3)CC2)no1. The number of piperidine rings is 1. The van der Waals surface area contributed by atoms with Gasteiger partial charge >= 0.3 is 0 Å². The summed E-state index contributed by atoms with van der Waals surface area (Å²) >= 11 is 5.83. The largest absolute Gasteiger partial charge is 0.340 e. The molecule has 2 aromatic rings. The molecule has 1 N–H and O–H groups in total. The van der Waals surface area contributed by atoms with Crippen LogP contribution in [-0.2, 0) is 4.79 Å². The summed E-state index contributed by atoms with van der Waals surface area (Å²) in [5.41, 5.74) is 0.774. The van der Waals surface area contributed by atoms with Gasteiger partial charge in [-0.2, -0.15) is 4.98 Å². The standard InChI is InChI=1S/C17H21ClN4O2/c1-12-19-17(21-24-12)13-6-9-22(10-7-13)11-8-16(23)20-15-4-2-14(18)3-5-15/h2-5,13H,6-11H2,1H3,(H,20,23). The van der Waals surface area contributed by atoms with Crippen molar-refractivity contribution in [1.82, 2.24) is 15.0 Å². The number of nitrogens with one attached hydrogen (secondary N) is 1. The minimum Gasteiger partial charge on any atom is -0.340 e. The minimum atomic E-state index is 0.0215. The molecule has 0 saturated carbocycles. The van der Waals surface area contributed by atoms with E-state index in [-0.39, 0.29) is 5.91 Å². The molecule has 24 heavy (non-hydrogen) atoms. The molecular formula is C17H21ClN4O2. The minimum absolute atomic E-state index is 0.0215. The predicted octanol–water partition coefficient (Wildman–Crippen LogP) is 3.24. The fourth-order valence-corrected chi connectivity index (χ4v) is 3.04. The van der Waals surface area contributed by atoms with Gasteiger partial charge < -0.3 is 14.7 Å². The van der Waals surface area contributed by atoms with Crippen LogP contribution >= 0.6 is 11.6 Å². The van der Waals surface area contributed by atoms with Crippen LogP contribution in [0.4, 0.5) is 5.69 Å². The molecule has 0 spiro atoms. The lowest BCUT2D eigenvalue weighted by Crippen LogP contribution is -2.35. The third kappa shape index (κ3) is 4.55. The summed E-state index contributed by atoms with van der Waals surface area (Å²) in [6.07, 6.45) is 2.48. The monoisotopic (exact) mass is 348 g/mol. The highest BCUT2D eigenvalue weighted by molar-refractivity contribution is 6.30. The van der Waals surface area contributed by atoms with Crippen LogP contribution in [0.5, 0.6) is 0 Å². The zero-order chi connectivity index (χ0) is 16.9. The van der Waals surface area contributed by atoms with Gasteiger partial charge in [-0.05, 0) is 50.2 Å². The van der Waals surface area contributed by atoms with Gasteiger partial charge in [-0.15, -0.1) is 0 Å². The first-order chi connectivity index (χ1) is 11.6. The average molecular weight is 349 g/mol. The van der Waals surface area contributed by atoms with Crippen LogP contribution in [0.25, 0.3) is 0 Å². The number of hydrogen-bond acceptors (Lipinski definition) is 5. The number of carbonyl (C=O) groups excluding carboxylic acids is 1. The molecule has 1 fully saturated rings. The number of aryl methyl sites for hydroxylation is 1. The molecule has 0 aliphatic carbocycles. The topological polar surface area (TPSA) is 71.3 Å². The third-order valence-corrected chi connectivity index (χ3v) is 4.53. The first-order valence-electron chi connectivity index (χ1n) is 8.18. The summed E-state index contributed by atoms with van der Waals surface area (Å²) in [6, 6.07) is 7.14. The van der Waals surface area contributed by atoms with Gasteiger partial charge in [0, 0.05) is 36.5 Å². The number of benzene rings is 1. The van der Waals surface area contributed by atoms with Crippen LogP contribution in [0, 0.1) is 6.92 Å². The molecule has 7 heteroatoms. The van der Waals surface area contributed by atoms with E-state index >= 15 is 0 Å². The maximum Gasteiger partial charge on any atom is 0.225 e. The maximum atomic E-state index is 12.0. The molecule has 0 bridgehead atoms. The number of likely N-dealkylation sites (tertiary alicyclic amines) is 1. The van der Waals surface area contributed by atoms with Crippen LogP contribution < -0.4 is 5.32 Å². The van der Waals surface area contributed by atoms with E-state index in [0.29, 0.717) is 23.3 Å². The molecular weight excluding hydrogens is 328 g/mol. The number of halogens is 1. The van der Waals surface area contributed by atoms with Crippen LogP contribution in [0.15, 0.2) is 28.8 Å². The van der Waals surface area contributed by atoms with Gasteiger partial charge in [0.1, 0.15) is 0 Å². The second kappa shape index (κ2) is 7.77. The van der Waals surface area contributed by atoms with Crippen molar-refractivity contribution in [1.29, 1.82) is 0 Å².